The molecule has 0 aliphatic heterocycles. The monoisotopic (exact) mass is 450 g/mol. The van der Waals surface area contributed by atoms with Crippen LogP contribution < -0.4 is 16.6 Å². The zero-order valence-electron chi connectivity index (χ0n) is 17.7. The standard InChI is InChI=1S/C23H19FN4O5/c1-3-33-22(31)13-4-8-15(9-5-13)25-20(29)17-12-27(2)19-18(17)26-23(32)28(21(19)30)16-10-6-14(24)7-11-16/h4-12H,3H2,1-2H3,(H,25,29)(H,26,32). The first kappa shape index (κ1) is 21.8. The molecule has 10 heteroatoms. The van der Waals surface area contributed by atoms with Crippen molar-refractivity contribution in [2.45, 2.75) is 6.92 Å². The molecule has 2 heterocycles. The molecular weight excluding hydrogens is 431 g/mol. The summed E-state index contributed by atoms with van der Waals surface area (Å²) < 4.78 is 20.5. The van der Waals surface area contributed by atoms with Crippen LogP contribution in [0.4, 0.5) is 10.1 Å². The summed E-state index contributed by atoms with van der Waals surface area (Å²) in [5, 5.41) is 2.68. The number of aromatic nitrogens is 3. The number of anilines is 1. The summed E-state index contributed by atoms with van der Waals surface area (Å²) in [7, 11) is 1.57. The number of amides is 1. The Balaban J connectivity index is 1.70. The van der Waals surface area contributed by atoms with E-state index in [1.807, 2.05) is 0 Å². The van der Waals surface area contributed by atoms with Gasteiger partial charge in [-0.1, -0.05) is 0 Å². The van der Waals surface area contributed by atoms with Crippen LogP contribution in [0.1, 0.15) is 27.6 Å². The second-order valence-corrected chi connectivity index (χ2v) is 7.18. The van der Waals surface area contributed by atoms with Crippen LogP contribution in [0.3, 0.4) is 0 Å². The van der Waals surface area contributed by atoms with Gasteiger partial charge in [-0.3, -0.25) is 9.59 Å². The molecule has 2 aromatic carbocycles. The third kappa shape index (κ3) is 4.05. The zero-order chi connectivity index (χ0) is 23.7. The molecule has 0 aliphatic carbocycles. The van der Waals surface area contributed by atoms with Gasteiger partial charge in [-0.2, -0.15) is 0 Å². The van der Waals surface area contributed by atoms with Crippen molar-refractivity contribution >= 4 is 28.6 Å². The highest BCUT2D eigenvalue weighted by atomic mass is 19.1. The summed E-state index contributed by atoms with van der Waals surface area (Å²) in [5.74, 6) is -1.53. The number of benzene rings is 2. The maximum atomic E-state index is 13.2. The fraction of sp³-hybridized carbons (Fsp3) is 0.130. The third-order valence-corrected chi connectivity index (χ3v) is 5.01. The molecule has 0 saturated carbocycles. The number of carbonyl (C=O) groups is 2. The van der Waals surface area contributed by atoms with E-state index >= 15 is 0 Å². The number of halogens is 1. The second-order valence-electron chi connectivity index (χ2n) is 7.18. The average Bonchev–Trinajstić information content (AvgIpc) is 3.12. The highest BCUT2D eigenvalue weighted by Gasteiger charge is 2.20. The summed E-state index contributed by atoms with van der Waals surface area (Å²) >= 11 is 0. The average molecular weight is 450 g/mol. The van der Waals surface area contributed by atoms with Crippen LogP contribution in [0.15, 0.2) is 64.3 Å². The van der Waals surface area contributed by atoms with E-state index in [0.717, 1.165) is 16.7 Å². The fourth-order valence-electron chi connectivity index (χ4n) is 3.47. The molecule has 168 valence electrons. The van der Waals surface area contributed by atoms with E-state index in [2.05, 4.69) is 10.3 Å². The van der Waals surface area contributed by atoms with Crippen molar-refractivity contribution < 1.29 is 18.7 Å². The minimum absolute atomic E-state index is 0.0755. The largest absolute Gasteiger partial charge is 0.462 e. The molecule has 4 aromatic rings. The quantitative estimate of drug-likeness (QED) is 0.454. The molecule has 33 heavy (non-hydrogen) atoms. The van der Waals surface area contributed by atoms with Gasteiger partial charge in [0.1, 0.15) is 11.3 Å². The minimum atomic E-state index is -0.766. The van der Waals surface area contributed by atoms with Crippen molar-refractivity contribution in [3.63, 3.8) is 0 Å². The van der Waals surface area contributed by atoms with Crippen molar-refractivity contribution in [3.8, 4) is 5.69 Å². The first-order valence-electron chi connectivity index (χ1n) is 9.99. The van der Waals surface area contributed by atoms with Gasteiger partial charge in [0, 0.05) is 18.9 Å². The molecule has 0 bridgehead atoms. The van der Waals surface area contributed by atoms with E-state index in [9.17, 15) is 23.6 Å². The summed E-state index contributed by atoms with van der Waals surface area (Å²) in [4.78, 5) is 53.0. The van der Waals surface area contributed by atoms with Crippen LogP contribution in [0.25, 0.3) is 16.7 Å². The Hall–Kier alpha value is -4.47. The molecule has 0 aliphatic rings. The lowest BCUT2D eigenvalue weighted by Crippen LogP contribution is -2.34. The van der Waals surface area contributed by atoms with E-state index in [1.54, 1.807) is 26.1 Å². The van der Waals surface area contributed by atoms with Crippen molar-refractivity contribution in [1.29, 1.82) is 0 Å². The normalized spacial score (nSPS) is 10.9. The molecule has 1 amide bonds. The van der Waals surface area contributed by atoms with Crippen LogP contribution in [0, 0.1) is 5.82 Å². The summed E-state index contributed by atoms with van der Waals surface area (Å²) in [6.07, 6.45) is 1.43. The molecule has 0 spiro atoms. The molecule has 9 nitrogen and oxygen atoms in total. The molecule has 2 aromatic heterocycles. The first-order valence-corrected chi connectivity index (χ1v) is 9.99. The smallest absolute Gasteiger partial charge is 0.338 e. The van der Waals surface area contributed by atoms with Crippen LogP contribution in [-0.4, -0.2) is 32.6 Å². The molecule has 0 saturated heterocycles. The van der Waals surface area contributed by atoms with Crippen LogP contribution in [0.2, 0.25) is 0 Å². The Morgan fingerprint density at radius 2 is 1.73 bits per heavy atom. The number of ether oxygens (including phenoxy) is 1. The Kier molecular flexibility index (Phi) is 5.65. The molecule has 0 atom stereocenters. The SMILES string of the molecule is CCOC(=O)c1ccc(NC(=O)c2cn(C)c3c(=O)n(-c4ccc(F)cc4)c(=O)[nH]c23)cc1. The van der Waals surface area contributed by atoms with Crippen LogP contribution >= 0.6 is 0 Å². The number of H-pyrrole nitrogens is 1. The number of aromatic amines is 1. The maximum absolute atomic E-state index is 13.2. The molecule has 0 radical (unpaired) electrons. The first-order chi connectivity index (χ1) is 15.8. The molecule has 0 unspecified atom stereocenters. The predicted molar refractivity (Wildman–Crippen MR) is 119 cm³/mol. The Morgan fingerprint density at radius 3 is 2.36 bits per heavy atom. The van der Waals surface area contributed by atoms with Crippen molar-refractivity contribution in [1.82, 2.24) is 14.1 Å². The van der Waals surface area contributed by atoms with Crippen molar-refractivity contribution in [3.05, 3.63) is 92.5 Å². The number of fused-ring (bicyclic) bond motifs is 1. The van der Waals surface area contributed by atoms with Gasteiger partial charge in [-0.05, 0) is 55.5 Å². The maximum Gasteiger partial charge on any atom is 0.338 e. The highest BCUT2D eigenvalue weighted by Crippen LogP contribution is 2.18. The lowest BCUT2D eigenvalue weighted by molar-refractivity contribution is 0.0526. The van der Waals surface area contributed by atoms with Crippen molar-refractivity contribution in [2.75, 3.05) is 11.9 Å². The minimum Gasteiger partial charge on any atom is -0.462 e. The van der Waals surface area contributed by atoms with Gasteiger partial charge in [0.25, 0.3) is 11.5 Å². The number of nitrogens with zero attached hydrogens (tertiary/aromatic N) is 2. The number of esters is 1. The molecule has 2 N–H and O–H groups in total. The third-order valence-electron chi connectivity index (χ3n) is 5.01. The number of carbonyl (C=O) groups excluding carboxylic acids is 2. The van der Waals surface area contributed by atoms with Gasteiger partial charge < -0.3 is 19.6 Å². The van der Waals surface area contributed by atoms with E-state index in [4.69, 9.17) is 4.74 Å². The number of hydrogen-bond acceptors (Lipinski definition) is 5. The van der Waals surface area contributed by atoms with Gasteiger partial charge in [0.05, 0.1) is 28.9 Å². The Labute approximate surface area is 186 Å². The number of aryl methyl sites for hydroxylation is 1. The van der Waals surface area contributed by atoms with E-state index < -0.39 is 28.9 Å². The van der Waals surface area contributed by atoms with Crippen LogP contribution in [-0.2, 0) is 11.8 Å². The predicted octanol–water partition coefficient (Wildman–Crippen LogP) is 2.59. The Morgan fingerprint density at radius 1 is 1.06 bits per heavy atom. The molecule has 4 rings (SSSR count). The van der Waals surface area contributed by atoms with E-state index in [-0.39, 0.29) is 28.9 Å². The molecule has 0 fully saturated rings. The number of nitrogens with one attached hydrogen (secondary N) is 2. The topological polar surface area (TPSA) is 115 Å². The summed E-state index contributed by atoms with van der Waals surface area (Å²) in [6.45, 7) is 1.95. The summed E-state index contributed by atoms with van der Waals surface area (Å²) in [5.41, 5.74) is -0.217. The van der Waals surface area contributed by atoms with Gasteiger partial charge in [0.2, 0.25) is 0 Å². The lowest BCUT2D eigenvalue weighted by atomic mass is 10.2. The van der Waals surface area contributed by atoms with Gasteiger partial charge in [0.15, 0.2) is 0 Å². The van der Waals surface area contributed by atoms with Gasteiger partial charge in [-0.15, -0.1) is 0 Å². The molecular formula is C23H19FN4O5. The van der Waals surface area contributed by atoms with Crippen LogP contribution in [0.5, 0.6) is 0 Å². The lowest BCUT2D eigenvalue weighted by Gasteiger charge is -2.07. The van der Waals surface area contributed by atoms with Gasteiger partial charge >= 0.3 is 11.7 Å². The number of rotatable bonds is 5. The summed E-state index contributed by atoms with van der Waals surface area (Å²) in [6, 6.07) is 11.0. The second kappa shape index (κ2) is 8.58. The fourth-order valence-corrected chi connectivity index (χ4v) is 3.47. The van der Waals surface area contributed by atoms with E-state index in [0.29, 0.717) is 11.3 Å². The van der Waals surface area contributed by atoms with Gasteiger partial charge in [-0.25, -0.2) is 18.5 Å². The zero-order valence-corrected chi connectivity index (χ0v) is 17.7. The number of hydrogen-bond donors (Lipinski definition) is 2. The Bertz CT molecular complexity index is 1480. The van der Waals surface area contributed by atoms with Crippen molar-refractivity contribution in [2.24, 2.45) is 7.05 Å². The van der Waals surface area contributed by atoms with E-state index in [1.165, 1.54) is 35.0 Å². The highest BCUT2D eigenvalue weighted by molar-refractivity contribution is 6.11.